The molecule has 2 amide bonds. The summed E-state index contributed by atoms with van der Waals surface area (Å²) in [5.74, 6) is -0.906. The van der Waals surface area contributed by atoms with Crippen molar-refractivity contribution in [2.24, 2.45) is 0 Å². The minimum absolute atomic E-state index is 0.0907. The molecule has 3 heterocycles. The maximum atomic E-state index is 15.0. The fraction of sp³-hybridized carbons (Fsp3) is 0.273. The molecule has 7 heteroatoms. The molecule has 2 aromatic carbocycles. The lowest BCUT2D eigenvalue weighted by Gasteiger charge is -2.39. The summed E-state index contributed by atoms with van der Waals surface area (Å²) in [4.78, 5) is 31.5. The Kier molecular flexibility index (Phi) is 4.22. The highest BCUT2D eigenvalue weighted by Crippen LogP contribution is 2.43. The van der Waals surface area contributed by atoms with E-state index in [-0.39, 0.29) is 18.2 Å². The number of nitrogens with zero attached hydrogens (tertiary/aromatic N) is 2. The van der Waals surface area contributed by atoms with Crippen molar-refractivity contribution in [1.82, 2.24) is 14.8 Å². The van der Waals surface area contributed by atoms with Crippen LogP contribution in [0.4, 0.5) is 4.39 Å². The zero-order valence-electron chi connectivity index (χ0n) is 15.8. The van der Waals surface area contributed by atoms with Crippen LogP contribution in [0.1, 0.15) is 29.3 Å². The van der Waals surface area contributed by atoms with Gasteiger partial charge in [-0.05, 0) is 30.2 Å². The Morgan fingerprint density at radius 1 is 1.14 bits per heavy atom. The van der Waals surface area contributed by atoms with Crippen LogP contribution in [0.5, 0.6) is 0 Å². The number of imide groups is 1. The number of para-hydroxylation sites is 1. The van der Waals surface area contributed by atoms with Crippen molar-refractivity contribution in [3.63, 3.8) is 0 Å². The molecule has 0 unspecified atom stereocenters. The van der Waals surface area contributed by atoms with Crippen LogP contribution < -0.4 is 0 Å². The van der Waals surface area contributed by atoms with Crippen molar-refractivity contribution in [1.29, 1.82) is 0 Å². The van der Waals surface area contributed by atoms with Gasteiger partial charge in [0, 0.05) is 40.8 Å². The van der Waals surface area contributed by atoms with E-state index in [1.54, 1.807) is 12.1 Å². The number of likely N-dealkylation sites (tertiary alicyclic amines) is 1. The second-order valence-corrected chi connectivity index (χ2v) is 8.01. The summed E-state index contributed by atoms with van der Waals surface area (Å²) in [6.45, 7) is 0.529. The smallest absolute Gasteiger partial charge is 0.246 e. The zero-order valence-corrected chi connectivity index (χ0v) is 16.5. The van der Waals surface area contributed by atoms with E-state index in [1.807, 2.05) is 29.2 Å². The fourth-order valence-electron chi connectivity index (χ4n) is 4.67. The van der Waals surface area contributed by atoms with E-state index in [0.717, 1.165) is 27.1 Å². The Balaban J connectivity index is 1.72. The van der Waals surface area contributed by atoms with Crippen LogP contribution in [-0.2, 0) is 16.0 Å². The number of hydrogen-bond acceptors (Lipinski definition) is 3. The number of carbonyl (C=O) groups excluding carboxylic acids is 2. The predicted octanol–water partition coefficient (Wildman–Crippen LogP) is 3.67. The number of hydrogen-bond donors (Lipinski definition) is 1. The van der Waals surface area contributed by atoms with E-state index in [9.17, 15) is 9.59 Å². The number of carbonyl (C=O) groups is 2. The average Bonchev–Trinajstić information content (AvgIpc) is 3.21. The fourth-order valence-corrected chi connectivity index (χ4v) is 4.94. The molecule has 148 valence electrons. The summed E-state index contributed by atoms with van der Waals surface area (Å²) in [5.41, 5.74) is 3.23. The van der Waals surface area contributed by atoms with Crippen molar-refractivity contribution in [3.8, 4) is 0 Å². The van der Waals surface area contributed by atoms with E-state index in [1.165, 1.54) is 13.1 Å². The van der Waals surface area contributed by atoms with Gasteiger partial charge < -0.3 is 4.98 Å². The van der Waals surface area contributed by atoms with Crippen molar-refractivity contribution >= 4 is 34.3 Å². The quantitative estimate of drug-likeness (QED) is 0.655. The minimum Gasteiger partial charge on any atom is -0.357 e. The van der Waals surface area contributed by atoms with Gasteiger partial charge in [-0.15, -0.1) is 0 Å². The number of H-pyrrole nitrogens is 1. The number of benzene rings is 2. The number of aromatic nitrogens is 1. The molecular formula is C22H19ClFN3O2. The van der Waals surface area contributed by atoms with E-state index < -0.39 is 17.9 Å². The molecule has 2 aliphatic rings. The number of likely N-dealkylation sites (N-methyl/N-ethyl adjacent to an activating group) is 1. The lowest BCUT2D eigenvalue weighted by molar-refractivity contribution is -0.138. The van der Waals surface area contributed by atoms with Gasteiger partial charge in [-0.3, -0.25) is 19.4 Å². The maximum Gasteiger partial charge on any atom is 0.246 e. The van der Waals surface area contributed by atoms with Gasteiger partial charge in [-0.2, -0.15) is 0 Å². The Labute approximate surface area is 172 Å². The normalized spacial score (nSPS) is 22.5. The lowest BCUT2D eigenvalue weighted by Crippen LogP contribution is -2.47. The Morgan fingerprint density at radius 2 is 1.93 bits per heavy atom. The van der Waals surface area contributed by atoms with Gasteiger partial charge in [0.05, 0.1) is 18.5 Å². The third kappa shape index (κ3) is 2.70. The van der Waals surface area contributed by atoms with Crippen molar-refractivity contribution in [3.05, 3.63) is 70.1 Å². The van der Waals surface area contributed by atoms with E-state index in [2.05, 4.69) is 4.98 Å². The van der Waals surface area contributed by atoms with Gasteiger partial charge in [0.2, 0.25) is 11.8 Å². The molecule has 1 N–H and O–H groups in total. The minimum atomic E-state index is -0.632. The molecule has 5 nitrogen and oxygen atoms in total. The lowest BCUT2D eigenvalue weighted by atomic mass is 9.90. The molecule has 0 aliphatic carbocycles. The number of rotatable bonds is 2. The van der Waals surface area contributed by atoms with E-state index >= 15 is 4.39 Å². The summed E-state index contributed by atoms with van der Waals surface area (Å²) in [5, 5.41) is 1.39. The first kappa shape index (κ1) is 18.3. The molecule has 0 spiro atoms. The van der Waals surface area contributed by atoms with Crippen molar-refractivity contribution in [2.45, 2.75) is 24.9 Å². The monoisotopic (exact) mass is 411 g/mol. The number of nitrogens with one attached hydrogen (secondary N) is 1. The van der Waals surface area contributed by atoms with Crippen LogP contribution >= 0.6 is 11.6 Å². The van der Waals surface area contributed by atoms with Crippen LogP contribution in [0.15, 0.2) is 42.5 Å². The molecule has 1 fully saturated rings. The third-order valence-corrected chi connectivity index (χ3v) is 6.43. The first-order valence-corrected chi connectivity index (χ1v) is 9.94. The highest BCUT2D eigenvalue weighted by atomic mass is 35.5. The molecule has 3 aromatic rings. The van der Waals surface area contributed by atoms with Gasteiger partial charge in [0.25, 0.3) is 0 Å². The SMILES string of the molecule is CN1C(=O)C[C@H](N2CCc3c([nH]c4ccccc34)[C@@H]2c2c(F)cccc2Cl)C1=O. The highest BCUT2D eigenvalue weighted by Gasteiger charge is 2.46. The summed E-state index contributed by atoms with van der Waals surface area (Å²) >= 11 is 6.45. The van der Waals surface area contributed by atoms with Crippen LogP contribution in [0.3, 0.4) is 0 Å². The second kappa shape index (κ2) is 6.68. The number of halogens is 2. The van der Waals surface area contributed by atoms with Gasteiger partial charge in [-0.25, -0.2) is 4.39 Å². The number of aromatic amines is 1. The number of fused-ring (bicyclic) bond motifs is 3. The molecule has 0 radical (unpaired) electrons. The molecule has 0 bridgehead atoms. The Morgan fingerprint density at radius 3 is 2.66 bits per heavy atom. The average molecular weight is 412 g/mol. The van der Waals surface area contributed by atoms with E-state index in [0.29, 0.717) is 23.6 Å². The van der Waals surface area contributed by atoms with E-state index in [4.69, 9.17) is 11.6 Å². The standard InChI is InChI=1S/C22H19ClFN3O2/c1-26-18(28)11-17(22(26)29)27-10-9-13-12-5-2-3-8-16(12)25-20(13)21(27)19-14(23)6-4-7-15(19)24/h2-8,17,21,25H,9-11H2,1H3/t17-,21-/m0/s1. The first-order valence-electron chi connectivity index (χ1n) is 9.57. The molecule has 2 atom stereocenters. The summed E-state index contributed by atoms with van der Waals surface area (Å²) in [6.07, 6.45) is 0.789. The largest absolute Gasteiger partial charge is 0.357 e. The summed E-state index contributed by atoms with van der Waals surface area (Å²) < 4.78 is 15.0. The van der Waals surface area contributed by atoms with Crippen LogP contribution in [0.25, 0.3) is 10.9 Å². The molecule has 1 aromatic heterocycles. The summed E-state index contributed by atoms with van der Waals surface area (Å²) in [6, 6.07) is 11.3. The first-order chi connectivity index (χ1) is 14.0. The molecule has 29 heavy (non-hydrogen) atoms. The third-order valence-electron chi connectivity index (χ3n) is 6.10. The summed E-state index contributed by atoms with van der Waals surface area (Å²) in [7, 11) is 1.49. The van der Waals surface area contributed by atoms with Crippen LogP contribution in [0, 0.1) is 5.82 Å². The van der Waals surface area contributed by atoms with Crippen LogP contribution in [0.2, 0.25) is 5.02 Å². The van der Waals surface area contributed by atoms with Gasteiger partial charge in [0.15, 0.2) is 0 Å². The van der Waals surface area contributed by atoms with Gasteiger partial charge in [0.1, 0.15) is 5.82 Å². The zero-order chi connectivity index (χ0) is 20.3. The van der Waals surface area contributed by atoms with Crippen molar-refractivity contribution in [2.75, 3.05) is 13.6 Å². The molecule has 2 aliphatic heterocycles. The van der Waals surface area contributed by atoms with Crippen LogP contribution in [-0.4, -0.2) is 46.2 Å². The highest BCUT2D eigenvalue weighted by molar-refractivity contribution is 6.31. The Hall–Kier alpha value is -2.70. The molecular weight excluding hydrogens is 393 g/mol. The topological polar surface area (TPSA) is 56.4 Å². The second-order valence-electron chi connectivity index (χ2n) is 7.60. The Bertz CT molecular complexity index is 1140. The molecule has 0 saturated carbocycles. The predicted molar refractivity (Wildman–Crippen MR) is 108 cm³/mol. The molecule has 5 rings (SSSR count). The maximum absolute atomic E-state index is 15.0. The molecule has 1 saturated heterocycles. The number of amides is 2. The van der Waals surface area contributed by atoms with Crippen molar-refractivity contribution < 1.29 is 14.0 Å². The van der Waals surface area contributed by atoms with Gasteiger partial charge in [-0.1, -0.05) is 35.9 Å². The van der Waals surface area contributed by atoms with Gasteiger partial charge >= 0.3 is 0 Å².